The number of nitrogens with zero attached hydrogens (tertiary/aromatic N) is 1. The van der Waals surface area contributed by atoms with E-state index in [-0.39, 0.29) is 12.2 Å². The molecule has 0 aromatic heterocycles. The van der Waals surface area contributed by atoms with E-state index in [1.54, 1.807) is 18.2 Å². The van der Waals surface area contributed by atoms with Gasteiger partial charge in [0, 0.05) is 10.2 Å². The van der Waals surface area contributed by atoms with Crippen molar-refractivity contribution in [1.82, 2.24) is 5.43 Å². The molecule has 0 heterocycles. The smallest absolute Gasteiger partial charge is 0.416 e. The first kappa shape index (κ1) is 25.1. The summed E-state index contributed by atoms with van der Waals surface area (Å²) in [6.45, 7) is 0.122. The zero-order valence-electron chi connectivity index (χ0n) is 18.0. The Kier molecular flexibility index (Phi) is 8.53. The van der Waals surface area contributed by atoms with Crippen molar-refractivity contribution in [3.05, 3.63) is 87.9 Å². The summed E-state index contributed by atoms with van der Waals surface area (Å²) in [6, 6.07) is 17.5. The molecule has 1 amide bonds. The van der Waals surface area contributed by atoms with Gasteiger partial charge in [0.05, 0.1) is 25.4 Å². The predicted octanol–water partition coefficient (Wildman–Crippen LogP) is 5.62. The quantitative estimate of drug-likeness (QED) is 0.275. The molecule has 0 saturated heterocycles. The third-order valence-electron chi connectivity index (χ3n) is 4.54. The van der Waals surface area contributed by atoms with Gasteiger partial charge in [-0.05, 0) is 59.7 Å². The van der Waals surface area contributed by atoms with Gasteiger partial charge in [-0.1, -0.05) is 34.1 Å². The van der Waals surface area contributed by atoms with Crippen LogP contribution in [0.5, 0.6) is 11.5 Å². The van der Waals surface area contributed by atoms with E-state index in [0.717, 1.165) is 22.2 Å². The van der Waals surface area contributed by atoms with Crippen LogP contribution >= 0.6 is 15.9 Å². The summed E-state index contributed by atoms with van der Waals surface area (Å²) in [5, 5.41) is 6.51. The maximum atomic E-state index is 12.8. The molecule has 0 aliphatic heterocycles. The van der Waals surface area contributed by atoms with E-state index in [4.69, 9.17) is 9.47 Å². The number of benzene rings is 3. The highest BCUT2D eigenvalue weighted by atomic mass is 79.9. The normalized spacial score (nSPS) is 11.3. The van der Waals surface area contributed by atoms with Crippen LogP contribution in [0.3, 0.4) is 0 Å². The van der Waals surface area contributed by atoms with Crippen molar-refractivity contribution in [3.63, 3.8) is 0 Å². The van der Waals surface area contributed by atoms with Gasteiger partial charge in [-0.3, -0.25) is 4.79 Å². The molecule has 0 radical (unpaired) electrons. The Balaban J connectivity index is 1.51. The van der Waals surface area contributed by atoms with Crippen molar-refractivity contribution in [2.45, 2.75) is 12.8 Å². The predicted molar refractivity (Wildman–Crippen MR) is 127 cm³/mol. The number of carbonyl (C=O) groups is 1. The van der Waals surface area contributed by atoms with E-state index in [2.05, 4.69) is 31.8 Å². The standard InChI is InChI=1S/C24H21BrF3N3O3/c1-33-22-11-17(7-10-21(22)34-15-16-5-8-19(25)9-6-16)13-30-31-23(32)14-29-20-4-2-3-18(12-20)24(26,27)28/h2-13,29H,14-15H2,1H3,(H,31,32)/b30-13-. The van der Waals surface area contributed by atoms with Crippen LogP contribution in [-0.4, -0.2) is 25.8 Å². The Bertz CT molecular complexity index is 1150. The summed E-state index contributed by atoms with van der Waals surface area (Å²) < 4.78 is 50.5. The molecule has 3 rings (SSSR count). The molecule has 0 saturated carbocycles. The Morgan fingerprint density at radius 3 is 2.53 bits per heavy atom. The zero-order chi connectivity index (χ0) is 24.6. The molecule has 0 fully saturated rings. The highest BCUT2D eigenvalue weighted by Gasteiger charge is 2.30. The van der Waals surface area contributed by atoms with Gasteiger partial charge >= 0.3 is 6.18 Å². The molecule has 0 unspecified atom stereocenters. The number of anilines is 1. The fourth-order valence-corrected chi connectivity index (χ4v) is 3.10. The highest BCUT2D eigenvalue weighted by molar-refractivity contribution is 9.10. The van der Waals surface area contributed by atoms with Crippen LogP contribution in [-0.2, 0) is 17.6 Å². The molecule has 2 N–H and O–H groups in total. The third kappa shape index (κ3) is 7.51. The first-order chi connectivity index (χ1) is 16.2. The van der Waals surface area contributed by atoms with E-state index >= 15 is 0 Å². The summed E-state index contributed by atoms with van der Waals surface area (Å²) in [5.74, 6) is 0.533. The molecule has 0 aliphatic carbocycles. The second-order valence-electron chi connectivity index (χ2n) is 7.05. The lowest BCUT2D eigenvalue weighted by Gasteiger charge is -2.11. The van der Waals surface area contributed by atoms with Gasteiger partial charge < -0.3 is 14.8 Å². The van der Waals surface area contributed by atoms with Gasteiger partial charge in [-0.25, -0.2) is 5.43 Å². The van der Waals surface area contributed by atoms with Gasteiger partial charge in [-0.2, -0.15) is 18.3 Å². The van der Waals surface area contributed by atoms with Gasteiger partial charge in [0.1, 0.15) is 6.61 Å². The number of hydrazone groups is 1. The zero-order valence-corrected chi connectivity index (χ0v) is 19.6. The van der Waals surface area contributed by atoms with E-state index in [9.17, 15) is 18.0 Å². The molecular formula is C24H21BrF3N3O3. The average molecular weight is 536 g/mol. The molecule has 6 nitrogen and oxygen atoms in total. The summed E-state index contributed by atoms with van der Waals surface area (Å²) in [6.07, 6.45) is -3.03. The molecule has 3 aromatic rings. The SMILES string of the molecule is COc1cc(/C=N\NC(=O)CNc2cccc(C(F)(F)F)c2)ccc1OCc1ccc(Br)cc1. The summed E-state index contributed by atoms with van der Waals surface area (Å²) >= 11 is 3.39. The molecule has 10 heteroatoms. The first-order valence-electron chi connectivity index (χ1n) is 10.0. The number of ether oxygens (including phenoxy) is 2. The van der Waals surface area contributed by atoms with Crippen LogP contribution in [0, 0.1) is 0 Å². The number of rotatable bonds is 9. The number of nitrogens with one attached hydrogen (secondary N) is 2. The van der Waals surface area contributed by atoms with Gasteiger partial charge in [0.2, 0.25) is 0 Å². The summed E-state index contributed by atoms with van der Waals surface area (Å²) in [7, 11) is 1.52. The van der Waals surface area contributed by atoms with Crippen molar-refractivity contribution in [1.29, 1.82) is 0 Å². The van der Waals surface area contributed by atoms with E-state index < -0.39 is 17.6 Å². The van der Waals surface area contributed by atoms with Crippen molar-refractivity contribution in [2.24, 2.45) is 5.10 Å². The molecule has 0 spiro atoms. The molecular weight excluding hydrogens is 515 g/mol. The second-order valence-corrected chi connectivity index (χ2v) is 7.97. The summed E-state index contributed by atoms with van der Waals surface area (Å²) in [5.41, 5.74) is 3.35. The number of hydrogen-bond acceptors (Lipinski definition) is 5. The summed E-state index contributed by atoms with van der Waals surface area (Å²) in [4.78, 5) is 11.9. The van der Waals surface area contributed by atoms with Crippen molar-refractivity contribution in [2.75, 3.05) is 19.0 Å². The fourth-order valence-electron chi connectivity index (χ4n) is 2.83. The number of amides is 1. The monoisotopic (exact) mass is 535 g/mol. The Morgan fingerprint density at radius 2 is 1.82 bits per heavy atom. The van der Waals surface area contributed by atoms with Crippen LogP contribution < -0.4 is 20.2 Å². The van der Waals surface area contributed by atoms with Crippen molar-refractivity contribution in [3.8, 4) is 11.5 Å². The lowest BCUT2D eigenvalue weighted by Crippen LogP contribution is -2.26. The van der Waals surface area contributed by atoms with E-state index in [1.807, 2.05) is 24.3 Å². The maximum absolute atomic E-state index is 12.8. The maximum Gasteiger partial charge on any atom is 0.416 e. The number of hydrogen-bond donors (Lipinski definition) is 2. The number of alkyl halides is 3. The largest absolute Gasteiger partial charge is 0.493 e. The van der Waals surface area contributed by atoms with Gasteiger partial charge in [0.15, 0.2) is 11.5 Å². The number of halogens is 4. The average Bonchev–Trinajstić information content (AvgIpc) is 2.82. The molecule has 3 aromatic carbocycles. The topological polar surface area (TPSA) is 72.0 Å². The minimum absolute atomic E-state index is 0.178. The fraction of sp³-hybridized carbons (Fsp3) is 0.167. The van der Waals surface area contributed by atoms with Crippen LogP contribution in [0.4, 0.5) is 18.9 Å². The minimum atomic E-state index is -4.45. The highest BCUT2D eigenvalue weighted by Crippen LogP contribution is 2.31. The van der Waals surface area contributed by atoms with Crippen LogP contribution in [0.25, 0.3) is 0 Å². The minimum Gasteiger partial charge on any atom is -0.493 e. The number of methoxy groups -OCH3 is 1. The third-order valence-corrected chi connectivity index (χ3v) is 5.07. The van der Waals surface area contributed by atoms with Crippen LogP contribution in [0.2, 0.25) is 0 Å². The molecule has 178 valence electrons. The molecule has 34 heavy (non-hydrogen) atoms. The first-order valence-corrected chi connectivity index (χ1v) is 10.8. The van der Waals surface area contributed by atoms with Crippen molar-refractivity contribution < 1.29 is 27.4 Å². The van der Waals surface area contributed by atoms with E-state index in [1.165, 1.54) is 25.5 Å². The Labute approximate surface area is 202 Å². The Morgan fingerprint density at radius 1 is 1.06 bits per heavy atom. The Hall–Kier alpha value is -3.53. The van der Waals surface area contributed by atoms with Gasteiger partial charge in [-0.15, -0.1) is 0 Å². The molecule has 0 aliphatic rings. The van der Waals surface area contributed by atoms with Crippen LogP contribution in [0.1, 0.15) is 16.7 Å². The van der Waals surface area contributed by atoms with Crippen LogP contribution in [0.15, 0.2) is 76.3 Å². The van der Waals surface area contributed by atoms with Crippen molar-refractivity contribution >= 4 is 33.7 Å². The second kappa shape index (κ2) is 11.6. The lowest BCUT2D eigenvalue weighted by molar-refractivity contribution is -0.137. The lowest BCUT2D eigenvalue weighted by atomic mass is 10.2. The molecule has 0 atom stereocenters. The van der Waals surface area contributed by atoms with Gasteiger partial charge in [0.25, 0.3) is 5.91 Å². The number of carbonyl (C=O) groups excluding carboxylic acids is 1. The molecule has 0 bridgehead atoms. The van der Waals surface area contributed by atoms with E-state index in [0.29, 0.717) is 23.7 Å².